The number of amides is 4. The van der Waals surface area contributed by atoms with Crippen LogP contribution in [0.2, 0.25) is 0 Å². The molecule has 310 valence electrons. The van der Waals surface area contributed by atoms with E-state index in [1.54, 1.807) is 0 Å². The van der Waals surface area contributed by atoms with Gasteiger partial charge in [-0.25, -0.2) is 0 Å². The number of nitrogens with zero attached hydrogens (tertiary/aromatic N) is 2. The van der Waals surface area contributed by atoms with Gasteiger partial charge in [-0.15, -0.1) is 0 Å². The number of carbonyl (C=O) groups is 4. The van der Waals surface area contributed by atoms with Crippen LogP contribution >= 0.6 is 0 Å². The first-order chi connectivity index (χ1) is 26.8. The Bertz CT molecular complexity index is 1500. The van der Waals surface area contributed by atoms with Crippen LogP contribution in [0.5, 0.6) is 0 Å². The lowest BCUT2D eigenvalue weighted by molar-refractivity contribution is -0.125. The lowest BCUT2D eigenvalue weighted by atomic mass is 9.95. The largest absolute Gasteiger partial charge is 0.394 e. The molecule has 4 amide bonds. The zero-order chi connectivity index (χ0) is 40.8. The van der Waals surface area contributed by atoms with Gasteiger partial charge in [0.25, 0.3) is 0 Å². The average molecular weight is 777 g/mol. The smallest absolute Gasteiger partial charge is 0.243 e. The van der Waals surface area contributed by atoms with Crippen molar-refractivity contribution in [3.8, 4) is 0 Å². The van der Waals surface area contributed by atoms with Crippen LogP contribution in [0.15, 0.2) is 36.4 Å². The molecule has 0 saturated heterocycles. The molecule has 6 N–H and O–H groups in total. The minimum absolute atomic E-state index is 0.00142. The number of aliphatic hydroxyl groups excluding tert-OH is 2. The molecule has 0 spiro atoms. The minimum Gasteiger partial charge on any atom is -0.394 e. The van der Waals surface area contributed by atoms with Crippen molar-refractivity contribution >= 4 is 46.4 Å². The Hall–Kier alpha value is -4.16. The number of unbranched alkanes of at least 4 members (excludes halogenated alkanes) is 9. The quantitative estimate of drug-likeness (QED) is 0.0957. The van der Waals surface area contributed by atoms with Crippen LogP contribution < -0.4 is 31.1 Å². The third kappa shape index (κ3) is 12.7. The molecule has 2 aliphatic heterocycles. The number of hydrogen-bond acceptors (Lipinski definition) is 8. The summed E-state index contributed by atoms with van der Waals surface area (Å²) in [6.07, 6.45) is 12.5. The summed E-state index contributed by atoms with van der Waals surface area (Å²) in [5.41, 5.74) is 5.32. The van der Waals surface area contributed by atoms with E-state index in [-0.39, 0.29) is 72.8 Å². The van der Waals surface area contributed by atoms with E-state index in [2.05, 4.69) is 21.3 Å². The van der Waals surface area contributed by atoms with E-state index in [9.17, 15) is 29.4 Å². The molecule has 0 saturated carbocycles. The molecule has 2 aromatic carbocycles. The molecular weight excluding hydrogens is 709 g/mol. The number of nitrogens with one attached hydrogen (secondary N) is 4. The van der Waals surface area contributed by atoms with Gasteiger partial charge >= 0.3 is 0 Å². The van der Waals surface area contributed by atoms with E-state index in [1.165, 1.54) is 12.8 Å². The molecule has 0 bridgehead atoms. The highest BCUT2D eigenvalue weighted by molar-refractivity contribution is 5.93. The molecule has 0 fully saturated rings. The summed E-state index contributed by atoms with van der Waals surface area (Å²) >= 11 is 0. The number of hydrogen-bond donors (Lipinski definition) is 6. The highest BCUT2D eigenvalue weighted by Gasteiger charge is 2.33. The van der Waals surface area contributed by atoms with E-state index in [0.29, 0.717) is 25.7 Å². The Kier molecular flexibility index (Phi) is 17.5. The number of aliphatic hydroxyl groups is 2. The standard InChI is InChI=1S/C44H68N6O6/c1-29(2)41-43(55)47-35(27-51)25-31-23-33(19-21-37(31)49(41)5)45-39(53)17-15-13-11-9-7-8-10-12-14-16-18-40(54)46-34-20-22-38-32(24-34)26-36(28-52)48-44(56)42(30(3)4)50(38)6/h19-24,29-30,35-36,41-42,51-52H,7-18,25-28H2,1-6H3,(H,45,53)(H,46,54)(H,47,55)(H,48,56)/t35-,36+,41-,42+. The Morgan fingerprint density at radius 1 is 0.625 bits per heavy atom. The summed E-state index contributed by atoms with van der Waals surface area (Å²) in [7, 11) is 3.84. The topological polar surface area (TPSA) is 163 Å². The maximum atomic E-state index is 12.9. The van der Waals surface area contributed by atoms with Gasteiger partial charge in [0, 0.05) is 49.7 Å². The highest BCUT2D eigenvalue weighted by atomic mass is 16.3. The summed E-state index contributed by atoms with van der Waals surface area (Å²) in [4.78, 5) is 55.2. The zero-order valence-electron chi connectivity index (χ0n) is 34.7. The number of likely N-dealkylation sites (N-methyl/N-ethyl adjacent to an activating group) is 2. The lowest BCUT2D eigenvalue weighted by Gasteiger charge is -2.37. The number of fused-ring (bicyclic) bond motifs is 2. The zero-order valence-corrected chi connectivity index (χ0v) is 34.7. The molecule has 4 rings (SSSR count). The van der Waals surface area contributed by atoms with Crippen LogP contribution in [0.4, 0.5) is 22.7 Å². The molecule has 56 heavy (non-hydrogen) atoms. The number of anilines is 4. The van der Waals surface area contributed by atoms with Gasteiger partial charge in [0.1, 0.15) is 12.1 Å². The molecule has 0 aliphatic carbocycles. The second kappa shape index (κ2) is 22.0. The fraction of sp³-hybridized carbons (Fsp3) is 0.636. The third-order valence-electron chi connectivity index (χ3n) is 11.2. The van der Waals surface area contributed by atoms with Crippen molar-refractivity contribution in [3.63, 3.8) is 0 Å². The van der Waals surface area contributed by atoms with E-state index in [4.69, 9.17) is 0 Å². The van der Waals surface area contributed by atoms with Crippen molar-refractivity contribution < 1.29 is 29.4 Å². The third-order valence-corrected chi connectivity index (χ3v) is 11.2. The van der Waals surface area contributed by atoms with E-state index in [1.807, 2.05) is 88.0 Å². The van der Waals surface area contributed by atoms with Crippen LogP contribution in [0.25, 0.3) is 0 Å². The fourth-order valence-electron chi connectivity index (χ4n) is 8.35. The molecule has 2 aliphatic rings. The van der Waals surface area contributed by atoms with Crippen molar-refractivity contribution in [2.75, 3.05) is 47.7 Å². The summed E-state index contributed by atoms with van der Waals surface area (Å²) in [6.45, 7) is 7.76. The minimum atomic E-state index is -0.374. The van der Waals surface area contributed by atoms with Crippen molar-refractivity contribution in [3.05, 3.63) is 47.5 Å². The summed E-state index contributed by atoms with van der Waals surface area (Å²) in [6, 6.07) is 10.2. The molecule has 12 heteroatoms. The van der Waals surface area contributed by atoms with Crippen molar-refractivity contribution in [1.29, 1.82) is 0 Å². The normalized spacial score (nSPS) is 20.0. The summed E-state index contributed by atoms with van der Waals surface area (Å²) in [5, 5.41) is 31.8. The van der Waals surface area contributed by atoms with Crippen LogP contribution in [-0.4, -0.2) is 85.3 Å². The second-order valence-corrected chi connectivity index (χ2v) is 16.6. The average Bonchev–Trinajstić information content (AvgIpc) is 3.13. The van der Waals surface area contributed by atoms with Gasteiger partial charge in [-0.3, -0.25) is 19.2 Å². The second-order valence-electron chi connectivity index (χ2n) is 16.6. The van der Waals surface area contributed by atoms with E-state index >= 15 is 0 Å². The monoisotopic (exact) mass is 777 g/mol. The van der Waals surface area contributed by atoms with Crippen molar-refractivity contribution in [2.45, 2.75) is 142 Å². The van der Waals surface area contributed by atoms with Gasteiger partial charge < -0.3 is 41.3 Å². The fourth-order valence-corrected chi connectivity index (χ4v) is 8.35. The van der Waals surface area contributed by atoms with E-state index in [0.717, 1.165) is 85.2 Å². The van der Waals surface area contributed by atoms with Gasteiger partial charge in [-0.05, 0) is 85.0 Å². The first-order valence-electron chi connectivity index (χ1n) is 21.0. The van der Waals surface area contributed by atoms with Gasteiger partial charge in [-0.2, -0.15) is 0 Å². The van der Waals surface area contributed by atoms with Gasteiger partial charge in [0.2, 0.25) is 23.6 Å². The van der Waals surface area contributed by atoms with Gasteiger partial charge in [0.05, 0.1) is 25.3 Å². The molecule has 0 aromatic heterocycles. The van der Waals surface area contributed by atoms with Crippen molar-refractivity contribution in [2.24, 2.45) is 11.8 Å². The Morgan fingerprint density at radius 2 is 0.964 bits per heavy atom. The van der Waals surface area contributed by atoms with Crippen LogP contribution in [0, 0.1) is 11.8 Å². The van der Waals surface area contributed by atoms with Crippen LogP contribution in [-0.2, 0) is 32.0 Å². The molecule has 4 atom stereocenters. The lowest BCUT2D eigenvalue weighted by Crippen LogP contribution is -2.54. The molecule has 2 aromatic rings. The predicted molar refractivity (Wildman–Crippen MR) is 225 cm³/mol. The highest BCUT2D eigenvalue weighted by Crippen LogP contribution is 2.31. The first-order valence-corrected chi connectivity index (χ1v) is 21.0. The number of rotatable bonds is 19. The molecule has 0 unspecified atom stereocenters. The number of benzene rings is 2. The maximum Gasteiger partial charge on any atom is 0.243 e. The Balaban J connectivity index is 1.07. The molecule has 2 heterocycles. The Labute approximate surface area is 334 Å². The number of carbonyl (C=O) groups excluding carboxylic acids is 4. The van der Waals surface area contributed by atoms with Crippen LogP contribution in [0.3, 0.4) is 0 Å². The SMILES string of the molecule is CC(C)[C@H]1C(=O)N[C@H](CO)Cc2cc(NC(=O)CCCCCCCCCCCCC(=O)Nc3ccc4c(c3)C[C@H](CO)NC(=O)[C@@H](C(C)C)N4C)ccc2N1C. The first kappa shape index (κ1) is 44.6. The van der Waals surface area contributed by atoms with Gasteiger partial charge in [0.15, 0.2) is 0 Å². The molecule has 0 radical (unpaired) electrons. The maximum absolute atomic E-state index is 12.9. The van der Waals surface area contributed by atoms with Gasteiger partial charge in [-0.1, -0.05) is 79.1 Å². The summed E-state index contributed by atoms with van der Waals surface area (Å²) in [5.74, 6) is 0.00736. The molecule has 12 nitrogen and oxygen atoms in total. The van der Waals surface area contributed by atoms with Crippen LogP contribution in [0.1, 0.15) is 116 Å². The Morgan fingerprint density at radius 3 is 1.29 bits per heavy atom. The molecular formula is C44H68N6O6. The van der Waals surface area contributed by atoms with Crippen molar-refractivity contribution in [1.82, 2.24) is 10.6 Å². The predicted octanol–water partition coefficient (Wildman–Crippen LogP) is 5.93. The summed E-state index contributed by atoms with van der Waals surface area (Å²) < 4.78 is 0. The van der Waals surface area contributed by atoms with E-state index < -0.39 is 0 Å².